The molecule has 0 atom stereocenters. The lowest BCUT2D eigenvalue weighted by molar-refractivity contribution is -0.115. The molecule has 1 aromatic heterocycles. The van der Waals surface area contributed by atoms with Crippen LogP contribution in [-0.4, -0.2) is 41.2 Å². The Kier molecular flexibility index (Phi) is 8.13. The smallest absolute Gasteiger partial charge is 0.335 e. The van der Waals surface area contributed by atoms with E-state index < -0.39 is 27.9 Å². The minimum atomic E-state index is -4.28. The molecule has 0 aliphatic rings. The van der Waals surface area contributed by atoms with Crippen molar-refractivity contribution < 1.29 is 27.9 Å². The molecule has 4 N–H and O–H groups in total. The van der Waals surface area contributed by atoms with Crippen molar-refractivity contribution in [2.45, 2.75) is 11.3 Å². The van der Waals surface area contributed by atoms with Crippen LogP contribution in [0.3, 0.4) is 0 Å². The fourth-order valence-electron chi connectivity index (χ4n) is 3.56. The summed E-state index contributed by atoms with van der Waals surface area (Å²) in [6.45, 7) is 0. The summed E-state index contributed by atoms with van der Waals surface area (Å²) in [7, 11) is -4.28. The Labute approximate surface area is 232 Å². The van der Waals surface area contributed by atoms with Crippen molar-refractivity contribution in [1.82, 2.24) is 14.5 Å². The second kappa shape index (κ2) is 11.7. The maximum atomic E-state index is 12.8. The Morgan fingerprint density at radius 2 is 1.60 bits per heavy atom. The number of benzene rings is 3. The lowest BCUT2D eigenvalue weighted by Gasteiger charge is -2.11. The van der Waals surface area contributed by atoms with E-state index in [1.807, 2.05) is 10.8 Å². The van der Waals surface area contributed by atoms with Crippen LogP contribution >= 0.6 is 11.6 Å². The standard InChI is InChI=1S/C26H19ClN6O6S/c27-17-8-12-20(13-9-17)40(38,39)32-26(37)30-24-21(15-28)22(31-33(24)19-4-2-1-3-5-19)14-23(34)29-18-10-6-16(7-11-18)25(35)36/h1-13H,14H2,(H,29,34)(H,35,36)(H2,30,32,37). The van der Waals surface area contributed by atoms with Gasteiger partial charge in [-0.15, -0.1) is 0 Å². The number of anilines is 2. The highest BCUT2D eigenvalue weighted by Gasteiger charge is 2.25. The molecule has 0 saturated heterocycles. The van der Waals surface area contributed by atoms with E-state index in [0.29, 0.717) is 16.4 Å². The predicted molar refractivity (Wildman–Crippen MR) is 145 cm³/mol. The molecule has 12 nitrogen and oxygen atoms in total. The lowest BCUT2D eigenvalue weighted by atomic mass is 10.1. The van der Waals surface area contributed by atoms with Gasteiger partial charge in [0.15, 0.2) is 5.82 Å². The number of nitrogens with one attached hydrogen (secondary N) is 3. The van der Waals surface area contributed by atoms with Gasteiger partial charge in [0.1, 0.15) is 11.6 Å². The first-order chi connectivity index (χ1) is 19.1. The zero-order valence-corrected chi connectivity index (χ0v) is 21.9. The van der Waals surface area contributed by atoms with Gasteiger partial charge in [0.25, 0.3) is 10.0 Å². The number of aromatic carboxylic acids is 1. The number of carbonyl (C=O) groups is 3. The van der Waals surface area contributed by atoms with Gasteiger partial charge in [0, 0.05) is 10.7 Å². The molecule has 14 heteroatoms. The van der Waals surface area contributed by atoms with Gasteiger partial charge in [0.2, 0.25) is 5.91 Å². The number of carboxylic acids is 1. The van der Waals surface area contributed by atoms with Crippen molar-refractivity contribution in [1.29, 1.82) is 5.26 Å². The Bertz CT molecular complexity index is 1730. The van der Waals surface area contributed by atoms with Crippen LogP contribution in [0.4, 0.5) is 16.3 Å². The Balaban J connectivity index is 1.61. The van der Waals surface area contributed by atoms with Crippen molar-refractivity contribution >= 4 is 51.0 Å². The third-order valence-corrected chi connectivity index (χ3v) is 7.00. The first-order valence-electron chi connectivity index (χ1n) is 11.4. The van der Waals surface area contributed by atoms with E-state index >= 15 is 0 Å². The molecule has 1 heterocycles. The number of sulfonamides is 1. The molecule has 0 fully saturated rings. The third-order valence-electron chi connectivity index (χ3n) is 5.40. The van der Waals surface area contributed by atoms with Crippen LogP contribution < -0.4 is 15.4 Å². The van der Waals surface area contributed by atoms with Crippen LogP contribution in [0.2, 0.25) is 5.02 Å². The van der Waals surface area contributed by atoms with Gasteiger partial charge in [-0.25, -0.2) is 27.4 Å². The van der Waals surface area contributed by atoms with E-state index in [-0.39, 0.29) is 34.0 Å². The number of halogens is 1. The average molecular weight is 579 g/mol. The number of para-hydroxylation sites is 1. The second-order valence-electron chi connectivity index (χ2n) is 8.15. The number of carbonyl (C=O) groups excluding carboxylic acids is 2. The molecule has 0 unspecified atom stereocenters. The van der Waals surface area contributed by atoms with Crippen molar-refractivity contribution in [3.8, 4) is 11.8 Å². The molecule has 3 aromatic carbocycles. The lowest BCUT2D eigenvalue weighted by Crippen LogP contribution is -2.35. The molecule has 4 aromatic rings. The number of carboxylic acid groups (broad SMARTS) is 1. The Morgan fingerprint density at radius 3 is 2.20 bits per heavy atom. The highest BCUT2D eigenvalue weighted by molar-refractivity contribution is 7.90. The number of hydrogen-bond donors (Lipinski definition) is 4. The molecule has 3 amide bonds. The predicted octanol–water partition coefficient (Wildman–Crippen LogP) is 3.79. The first-order valence-corrected chi connectivity index (χ1v) is 13.2. The van der Waals surface area contributed by atoms with Crippen LogP contribution in [0.25, 0.3) is 5.69 Å². The molecular weight excluding hydrogens is 560 g/mol. The number of urea groups is 1. The van der Waals surface area contributed by atoms with E-state index in [0.717, 1.165) is 0 Å². The van der Waals surface area contributed by atoms with Crippen LogP contribution in [0.5, 0.6) is 0 Å². The molecule has 0 aliphatic carbocycles. The fourth-order valence-corrected chi connectivity index (χ4v) is 4.59. The average Bonchev–Trinajstić information content (AvgIpc) is 3.25. The molecule has 0 radical (unpaired) electrons. The number of nitriles is 1. The summed E-state index contributed by atoms with van der Waals surface area (Å²) in [5.74, 6) is -1.85. The topological polar surface area (TPSA) is 183 Å². The van der Waals surface area contributed by atoms with Gasteiger partial charge in [0.05, 0.1) is 28.3 Å². The van der Waals surface area contributed by atoms with Crippen LogP contribution in [0.1, 0.15) is 21.6 Å². The third kappa shape index (κ3) is 6.44. The van der Waals surface area contributed by atoms with Crippen molar-refractivity contribution in [2.75, 3.05) is 10.6 Å². The molecule has 0 saturated carbocycles. The molecule has 40 heavy (non-hydrogen) atoms. The van der Waals surface area contributed by atoms with E-state index in [1.165, 1.54) is 53.2 Å². The van der Waals surface area contributed by atoms with E-state index in [1.54, 1.807) is 30.3 Å². The second-order valence-corrected chi connectivity index (χ2v) is 10.3. The van der Waals surface area contributed by atoms with E-state index in [4.69, 9.17) is 16.7 Å². The van der Waals surface area contributed by atoms with Gasteiger partial charge in [-0.05, 0) is 60.7 Å². The van der Waals surface area contributed by atoms with Gasteiger partial charge in [-0.3, -0.25) is 10.1 Å². The number of nitrogens with zero attached hydrogens (tertiary/aromatic N) is 3. The Morgan fingerprint density at radius 1 is 0.950 bits per heavy atom. The van der Waals surface area contributed by atoms with Crippen LogP contribution in [0.15, 0.2) is 83.8 Å². The van der Waals surface area contributed by atoms with Gasteiger partial charge < -0.3 is 10.4 Å². The molecule has 4 rings (SSSR count). The van der Waals surface area contributed by atoms with Crippen LogP contribution in [-0.2, 0) is 21.2 Å². The SMILES string of the molecule is N#Cc1c(CC(=O)Nc2ccc(C(=O)O)cc2)nn(-c2ccccc2)c1NC(=O)NS(=O)(=O)c1ccc(Cl)cc1. The Hall–Kier alpha value is -5.19. The maximum absolute atomic E-state index is 12.8. The van der Waals surface area contributed by atoms with Crippen LogP contribution in [0, 0.1) is 11.3 Å². The molecule has 0 bridgehead atoms. The summed E-state index contributed by atoms with van der Waals surface area (Å²) >= 11 is 5.80. The number of amides is 3. The monoisotopic (exact) mass is 578 g/mol. The van der Waals surface area contributed by atoms with Gasteiger partial charge >= 0.3 is 12.0 Å². The van der Waals surface area contributed by atoms with Crippen molar-refractivity contribution in [2.24, 2.45) is 0 Å². The zero-order valence-electron chi connectivity index (χ0n) is 20.3. The largest absolute Gasteiger partial charge is 0.478 e. The summed E-state index contributed by atoms with van der Waals surface area (Å²) < 4.78 is 28.4. The minimum Gasteiger partial charge on any atom is -0.478 e. The number of hydrogen-bond acceptors (Lipinski definition) is 7. The van der Waals surface area contributed by atoms with E-state index in [2.05, 4.69) is 15.7 Å². The maximum Gasteiger partial charge on any atom is 0.335 e. The molecule has 0 spiro atoms. The number of rotatable bonds is 8. The summed E-state index contributed by atoms with van der Waals surface area (Å²) in [5.41, 5.74) is 0.617. The zero-order chi connectivity index (χ0) is 28.9. The molecular formula is C26H19ClN6O6S. The quantitative estimate of drug-likeness (QED) is 0.243. The molecule has 0 aliphatic heterocycles. The highest BCUT2D eigenvalue weighted by Crippen LogP contribution is 2.25. The summed E-state index contributed by atoms with van der Waals surface area (Å²) in [6, 6.07) is 19.7. The van der Waals surface area contributed by atoms with Gasteiger partial charge in [-0.2, -0.15) is 10.4 Å². The minimum absolute atomic E-state index is 0.00173. The fraction of sp³-hybridized carbons (Fsp3) is 0.0385. The normalized spacial score (nSPS) is 10.8. The first kappa shape index (κ1) is 27.8. The van der Waals surface area contributed by atoms with Gasteiger partial charge in [-0.1, -0.05) is 29.8 Å². The summed E-state index contributed by atoms with van der Waals surface area (Å²) in [5, 5.41) is 28.5. The van der Waals surface area contributed by atoms with Crippen molar-refractivity contribution in [3.05, 3.63) is 101 Å². The summed E-state index contributed by atoms with van der Waals surface area (Å²) in [4.78, 5) is 36.3. The van der Waals surface area contributed by atoms with E-state index in [9.17, 15) is 28.1 Å². The highest BCUT2D eigenvalue weighted by atomic mass is 35.5. The van der Waals surface area contributed by atoms with Crippen molar-refractivity contribution in [3.63, 3.8) is 0 Å². The summed E-state index contributed by atoms with van der Waals surface area (Å²) in [6.07, 6.45) is -0.386. The number of aromatic nitrogens is 2. The molecule has 202 valence electrons.